The first-order chi connectivity index (χ1) is 16.9. The van der Waals surface area contributed by atoms with Gasteiger partial charge in [0.25, 0.3) is 5.89 Å². The van der Waals surface area contributed by atoms with Crippen LogP contribution >= 0.6 is 11.6 Å². The summed E-state index contributed by atoms with van der Waals surface area (Å²) in [6, 6.07) is 22.6. The van der Waals surface area contributed by atoms with E-state index >= 15 is 0 Å². The number of halogens is 1. The topological polar surface area (TPSA) is 71.3 Å². The Balaban J connectivity index is 1.66. The quantitative estimate of drug-likeness (QED) is 0.332. The predicted octanol–water partition coefficient (Wildman–Crippen LogP) is 6.96. The van der Waals surface area contributed by atoms with E-state index in [0.29, 0.717) is 16.7 Å². The lowest BCUT2D eigenvalue weighted by Gasteiger charge is -2.35. The maximum Gasteiger partial charge on any atom is 0.326 e. The minimum Gasteiger partial charge on any atom is -0.334 e. The van der Waals surface area contributed by atoms with Gasteiger partial charge in [-0.1, -0.05) is 71.7 Å². The van der Waals surface area contributed by atoms with Crippen LogP contribution in [-0.4, -0.2) is 16.2 Å². The average molecular weight is 485 g/mol. The number of urea groups is 1. The molecule has 0 radical (unpaired) electrons. The summed E-state index contributed by atoms with van der Waals surface area (Å²) >= 11 is 6.13. The summed E-state index contributed by atoms with van der Waals surface area (Å²) in [5.74, 6) is 0.853. The van der Waals surface area contributed by atoms with Gasteiger partial charge in [-0.2, -0.15) is 4.98 Å². The highest BCUT2D eigenvalue weighted by Gasteiger charge is 2.36. The molecule has 0 bridgehead atoms. The molecule has 2 amide bonds. The number of carbonyl (C=O) groups excluding carboxylic acids is 1. The summed E-state index contributed by atoms with van der Waals surface area (Å²) in [5.41, 5.74) is 6.23. The first-order valence-corrected chi connectivity index (χ1v) is 11.9. The van der Waals surface area contributed by atoms with Crippen molar-refractivity contribution in [3.8, 4) is 11.4 Å². The lowest BCUT2D eigenvalue weighted by atomic mass is 9.94. The minimum atomic E-state index is -0.476. The number of benzene rings is 3. The molecule has 7 heteroatoms. The van der Waals surface area contributed by atoms with Crippen molar-refractivity contribution in [2.75, 3.05) is 4.90 Å². The van der Waals surface area contributed by atoms with Crippen LogP contribution in [0.5, 0.6) is 0 Å². The van der Waals surface area contributed by atoms with Crippen LogP contribution in [0.1, 0.15) is 42.5 Å². The van der Waals surface area contributed by atoms with Crippen molar-refractivity contribution >= 4 is 28.9 Å². The van der Waals surface area contributed by atoms with Crippen molar-refractivity contribution in [1.29, 1.82) is 0 Å². The molecular weight excluding hydrogens is 460 g/mol. The molecule has 0 saturated carbocycles. The van der Waals surface area contributed by atoms with E-state index in [-0.39, 0.29) is 6.03 Å². The number of carbonyl (C=O) groups is 1. The molecule has 5 rings (SSSR count). The van der Waals surface area contributed by atoms with Gasteiger partial charge in [-0.05, 0) is 61.7 Å². The third-order valence-electron chi connectivity index (χ3n) is 6.20. The molecule has 4 aromatic rings. The molecule has 0 spiro atoms. The Labute approximate surface area is 209 Å². The highest BCUT2D eigenvalue weighted by Crippen LogP contribution is 2.39. The summed E-state index contributed by atoms with van der Waals surface area (Å²) in [6.45, 7) is 6.02. The van der Waals surface area contributed by atoms with Gasteiger partial charge in [-0.15, -0.1) is 0 Å². The molecule has 1 aromatic heterocycles. The molecule has 1 aliphatic rings. The number of allylic oxidation sites excluding steroid dienone is 1. The van der Waals surface area contributed by atoms with E-state index in [1.807, 2.05) is 74.5 Å². The highest BCUT2D eigenvalue weighted by molar-refractivity contribution is 6.30. The van der Waals surface area contributed by atoms with E-state index < -0.39 is 6.04 Å². The molecule has 35 heavy (non-hydrogen) atoms. The van der Waals surface area contributed by atoms with Gasteiger partial charge >= 0.3 is 6.03 Å². The van der Waals surface area contributed by atoms with Crippen molar-refractivity contribution in [2.45, 2.75) is 33.2 Å². The van der Waals surface area contributed by atoms with Gasteiger partial charge in [0.1, 0.15) is 0 Å². The number of anilines is 1. The third-order valence-corrected chi connectivity index (χ3v) is 6.45. The molecule has 1 unspecified atom stereocenters. The Morgan fingerprint density at radius 2 is 1.80 bits per heavy atom. The Morgan fingerprint density at radius 1 is 1.03 bits per heavy atom. The fourth-order valence-corrected chi connectivity index (χ4v) is 4.51. The van der Waals surface area contributed by atoms with Crippen molar-refractivity contribution in [2.24, 2.45) is 0 Å². The molecule has 1 atom stereocenters. The molecule has 176 valence electrons. The van der Waals surface area contributed by atoms with Crippen LogP contribution in [0.25, 0.3) is 17.0 Å². The van der Waals surface area contributed by atoms with Gasteiger partial charge in [0.15, 0.2) is 0 Å². The van der Waals surface area contributed by atoms with E-state index in [2.05, 4.69) is 17.4 Å². The largest absolute Gasteiger partial charge is 0.334 e. The van der Waals surface area contributed by atoms with Gasteiger partial charge < -0.3 is 9.84 Å². The second-order valence-electron chi connectivity index (χ2n) is 8.58. The number of nitrogens with zero attached hydrogens (tertiary/aromatic N) is 3. The van der Waals surface area contributed by atoms with E-state index in [0.717, 1.165) is 45.6 Å². The second-order valence-corrected chi connectivity index (χ2v) is 9.02. The zero-order valence-electron chi connectivity index (χ0n) is 19.7. The average Bonchev–Trinajstić information content (AvgIpc) is 3.34. The van der Waals surface area contributed by atoms with Crippen molar-refractivity contribution in [3.05, 3.63) is 106 Å². The maximum absolute atomic E-state index is 13.4. The molecule has 1 N–H and O–H groups in total. The number of hydrogen-bond donors (Lipinski definition) is 1. The van der Waals surface area contributed by atoms with E-state index in [9.17, 15) is 4.79 Å². The van der Waals surface area contributed by atoms with E-state index in [4.69, 9.17) is 21.1 Å². The molecule has 1 aliphatic heterocycles. The maximum atomic E-state index is 13.4. The second kappa shape index (κ2) is 9.39. The monoisotopic (exact) mass is 484 g/mol. The van der Waals surface area contributed by atoms with Gasteiger partial charge in [0.05, 0.1) is 17.3 Å². The molecule has 2 heterocycles. The van der Waals surface area contributed by atoms with Gasteiger partial charge in [-0.25, -0.2) is 4.79 Å². The van der Waals surface area contributed by atoms with Crippen LogP contribution in [0.4, 0.5) is 10.5 Å². The van der Waals surface area contributed by atoms with Crippen LogP contribution in [0.15, 0.2) is 83.0 Å². The van der Waals surface area contributed by atoms with Crippen LogP contribution in [-0.2, 0) is 6.42 Å². The highest BCUT2D eigenvalue weighted by atomic mass is 35.5. The molecule has 6 nitrogen and oxygen atoms in total. The van der Waals surface area contributed by atoms with Crippen LogP contribution in [0.3, 0.4) is 0 Å². The zero-order chi connectivity index (χ0) is 24.5. The predicted molar refractivity (Wildman–Crippen MR) is 138 cm³/mol. The molecule has 0 fully saturated rings. The zero-order valence-corrected chi connectivity index (χ0v) is 20.5. The fraction of sp³-hybridized carbons (Fsp3) is 0.179. The van der Waals surface area contributed by atoms with Gasteiger partial charge in [0.2, 0.25) is 5.82 Å². The van der Waals surface area contributed by atoms with Crippen LogP contribution in [0.2, 0.25) is 5.02 Å². The number of nitrogens with one attached hydrogen (secondary N) is 1. The summed E-state index contributed by atoms with van der Waals surface area (Å²) < 4.78 is 5.79. The number of aryl methyl sites for hydroxylation is 2. The van der Waals surface area contributed by atoms with Crippen LogP contribution in [0, 0.1) is 6.92 Å². The Kier molecular flexibility index (Phi) is 6.14. The summed E-state index contributed by atoms with van der Waals surface area (Å²) in [6.07, 6.45) is 0.871. The van der Waals surface area contributed by atoms with Crippen molar-refractivity contribution in [1.82, 2.24) is 15.5 Å². The van der Waals surface area contributed by atoms with Crippen molar-refractivity contribution < 1.29 is 9.32 Å². The van der Waals surface area contributed by atoms with Crippen LogP contribution < -0.4 is 10.2 Å². The lowest BCUT2D eigenvalue weighted by molar-refractivity contribution is 0.244. The fourth-order valence-electron chi connectivity index (χ4n) is 4.39. The standard InChI is InChI=1S/C28H25ClN4O2/c1-4-19-8-6-10-23(16-19)33-18(3)24(25(30-28(33)34)20-11-13-22(29)14-12-20)27-31-26(32-35-27)21-9-5-7-17(2)15-21/h5-16,25H,4H2,1-3H3,(H,30,34). The summed E-state index contributed by atoms with van der Waals surface area (Å²) in [5, 5.41) is 8.01. The number of aromatic nitrogens is 2. The van der Waals surface area contributed by atoms with E-state index in [1.54, 1.807) is 17.0 Å². The first kappa shape index (κ1) is 22.9. The normalized spacial score (nSPS) is 15.9. The SMILES string of the molecule is CCc1cccc(N2C(=O)NC(c3ccc(Cl)cc3)C(c3nc(-c4cccc(C)c4)no3)=C2C)c1. The molecule has 0 aliphatic carbocycles. The Hall–Kier alpha value is -3.90. The molecule has 0 saturated heterocycles. The Bertz CT molecular complexity index is 1420. The first-order valence-electron chi connectivity index (χ1n) is 11.5. The Morgan fingerprint density at radius 3 is 2.54 bits per heavy atom. The van der Waals surface area contributed by atoms with E-state index in [1.165, 1.54) is 0 Å². The molecular formula is C28H25ClN4O2. The third kappa shape index (κ3) is 4.45. The van der Waals surface area contributed by atoms with Gasteiger partial charge in [-0.3, -0.25) is 4.90 Å². The lowest BCUT2D eigenvalue weighted by Crippen LogP contribution is -2.46. The number of hydrogen-bond acceptors (Lipinski definition) is 4. The van der Waals surface area contributed by atoms with Crippen molar-refractivity contribution in [3.63, 3.8) is 0 Å². The minimum absolute atomic E-state index is 0.224. The molecule has 3 aromatic carbocycles. The summed E-state index contributed by atoms with van der Waals surface area (Å²) in [4.78, 5) is 19.8. The number of amides is 2. The van der Waals surface area contributed by atoms with Gasteiger partial charge in [0, 0.05) is 16.3 Å². The smallest absolute Gasteiger partial charge is 0.326 e. The summed E-state index contributed by atoms with van der Waals surface area (Å²) in [7, 11) is 0. The number of rotatable bonds is 5.